The van der Waals surface area contributed by atoms with Gasteiger partial charge in [0, 0.05) is 34.4 Å². The molecule has 0 aliphatic heterocycles. The van der Waals surface area contributed by atoms with Crippen molar-refractivity contribution in [3.63, 3.8) is 0 Å². The van der Waals surface area contributed by atoms with Gasteiger partial charge in [-0.2, -0.15) is 0 Å². The number of aromatic nitrogens is 2. The van der Waals surface area contributed by atoms with E-state index in [-0.39, 0.29) is 0 Å². The van der Waals surface area contributed by atoms with E-state index in [4.69, 9.17) is 9.72 Å². The van der Waals surface area contributed by atoms with Crippen molar-refractivity contribution in [1.82, 2.24) is 9.97 Å². The zero-order valence-electron chi connectivity index (χ0n) is 15.1. The fourth-order valence-corrected chi connectivity index (χ4v) is 3.40. The maximum absolute atomic E-state index is 5.27. The smallest absolute Gasteiger partial charge is 0.230 e. The molecule has 4 nitrogen and oxygen atoms in total. The van der Waals surface area contributed by atoms with Crippen molar-refractivity contribution >= 4 is 38.5 Å². The summed E-state index contributed by atoms with van der Waals surface area (Å²) in [4.78, 5) is 11.4. The molecule has 3 aromatic carbocycles. The van der Waals surface area contributed by atoms with Gasteiger partial charge in [-0.1, -0.05) is 52.3 Å². The second-order valence-electron chi connectivity index (χ2n) is 6.18. The van der Waals surface area contributed by atoms with Crippen molar-refractivity contribution < 1.29 is 4.74 Å². The molecule has 4 rings (SSSR count). The van der Waals surface area contributed by atoms with E-state index >= 15 is 0 Å². The Bertz CT molecular complexity index is 1100. The van der Waals surface area contributed by atoms with Crippen LogP contribution in [-0.2, 0) is 0 Å². The van der Waals surface area contributed by atoms with Gasteiger partial charge < -0.3 is 9.64 Å². The van der Waals surface area contributed by atoms with Gasteiger partial charge in [-0.05, 0) is 35.9 Å². The average Bonchev–Trinajstić information content (AvgIpc) is 2.72. The van der Waals surface area contributed by atoms with Crippen LogP contribution in [0.15, 0.2) is 77.4 Å². The van der Waals surface area contributed by atoms with Gasteiger partial charge in [0.1, 0.15) is 5.75 Å². The predicted octanol–water partition coefficient (Wildman–Crippen LogP) is 5.84. The zero-order valence-corrected chi connectivity index (χ0v) is 16.6. The lowest BCUT2D eigenvalue weighted by atomic mass is 10.0. The molecule has 1 heterocycles. The first kappa shape index (κ1) is 17.5. The summed E-state index contributed by atoms with van der Waals surface area (Å²) in [6.45, 7) is 0. The number of ether oxygens (including phenoxy) is 1. The standard InChI is InChI=1S/C22H18BrN3O/c1-26(18-7-4-6-17(23)13-18)22-24-14-16-5-3-8-20(21(16)25-22)15-9-11-19(27-2)12-10-15/h3-14H,1-2H3. The number of anilines is 2. The van der Waals surface area contributed by atoms with Gasteiger partial charge in [-0.3, -0.25) is 0 Å². The molecule has 5 heteroatoms. The summed E-state index contributed by atoms with van der Waals surface area (Å²) < 4.78 is 6.29. The number of hydrogen-bond donors (Lipinski definition) is 0. The molecule has 0 unspecified atom stereocenters. The fourth-order valence-electron chi connectivity index (χ4n) is 3.01. The molecule has 0 atom stereocenters. The van der Waals surface area contributed by atoms with Gasteiger partial charge in [0.2, 0.25) is 5.95 Å². The van der Waals surface area contributed by atoms with E-state index in [1.54, 1.807) is 7.11 Å². The Morgan fingerprint density at radius 2 is 1.74 bits per heavy atom. The Kier molecular flexibility index (Phi) is 4.77. The molecule has 0 aliphatic rings. The molecule has 1 aromatic heterocycles. The number of rotatable bonds is 4. The molecule has 27 heavy (non-hydrogen) atoms. The Morgan fingerprint density at radius 3 is 2.48 bits per heavy atom. The van der Waals surface area contributed by atoms with Crippen LogP contribution in [0.2, 0.25) is 0 Å². The Hall–Kier alpha value is -2.92. The van der Waals surface area contributed by atoms with E-state index in [1.807, 2.05) is 78.8 Å². The van der Waals surface area contributed by atoms with Crippen LogP contribution >= 0.6 is 15.9 Å². The number of fused-ring (bicyclic) bond motifs is 1. The normalized spacial score (nSPS) is 10.8. The molecule has 0 aliphatic carbocycles. The van der Waals surface area contributed by atoms with Crippen molar-refractivity contribution in [1.29, 1.82) is 0 Å². The maximum atomic E-state index is 5.27. The minimum atomic E-state index is 0.654. The molecule has 0 radical (unpaired) electrons. The van der Waals surface area contributed by atoms with Gasteiger partial charge in [-0.25, -0.2) is 9.97 Å². The van der Waals surface area contributed by atoms with Crippen molar-refractivity contribution in [2.75, 3.05) is 19.1 Å². The van der Waals surface area contributed by atoms with Crippen LogP contribution in [0.3, 0.4) is 0 Å². The summed E-state index contributed by atoms with van der Waals surface area (Å²) in [6.07, 6.45) is 1.87. The molecule has 0 spiro atoms. The van der Waals surface area contributed by atoms with E-state index in [2.05, 4.69) is 27.0 Å². The average molecular weight is 420 g/mol. The van der Waals surface area contributed by atoms with Crippen LogP contribution in [0.1, 0.15) is 0 Å². The van der Waals surface area contributed by atoms with Crippen LogP contribution in [0.5, 0.6) is 5.75 Å². The lowest BCUT2D eigenvalue weighted by Gasteiger charge is -2.18. The zero-order chi connectivity index (χ0) is 18.8. The molecule has 0 saturated heterocycles. The van der Waals surface area contributed by atoms with E-state index in [0.29, 0.717) is 5.95 Å². The predicted molar refractivity (Wildman–Crippen MR) is 114 cm³/mol. The topological polar surface area (TPSA) is 38.2 Å². The summed E-state index contributed by atoms with van der Waals surface area (Å²) in [5.41, 5.74) is 4.11. The highest BCUT2D eigenvalue weighted by molar-refractivity contribution is 9.10. The Morgan fingerprint density at radius 1 is 0.963 bits per heavy atom. The highest BCUT2D eigenvalue weighted by Crippen LogP contribution is 2.31. The second kappa shape index (κ2) is 7.37. The third-order valence-corrected chi connectivity index (χ3v) is 4.99. The highest BCUT2D eigenvalue weighted by Gasteiger charge is 2.11. The lowest BCUT2D eigenvalue weighted by molar-refractivity contribution is 0.415. The Labute approximate surface area is 166 Å². The van der Waals surface area contributed by atoms with Crippen LogP contribution in [0.4, 0.5) is 11.6 Å². The summed E-state index contributed by atoms with van der Waals surface area (Å²) in [5, 5.41) is 1.01. The lowest BCUT2D eigenvalue weighted by Crippen LogP contribution is -2.13. The monoisotopic (exact) mass is 419 g/mol. The van der Waals surface area contributed by atoms with E-state index in [1.165, 1.54) is 0 Å². The molecule has 0 N–H and O–H groups in total. The molecule has 0 bridgehead atoms. The summed E-state index contributed by atoms with van der Waals surface area (Å²) in [7, 11) is 3.64. The first-order chi connectivity index (χ1) is 13.2. The molecular weight excluding hydrogens is 402 g/mol. The first-order valence-electron chi connectivity index (χ1n) is 8.55. The maximum Gasteiger partial charge on any atom is 0.230 e. The van der Waals surface area contributed by atoms with Gasteiger partial charge in [0.05, 0.1) is 12.6 Å². The molecular formula is C22H18BrN3O. The molecule has 0 amide bonds. The van der Waals surface area contributed by atoms with E-state index < -0.39 is 0 Å². The largest absolute Gasteiger partial charge is 0.497 e. The number of halogens is 1. The van der Waals surface area contributed by atoms with Crippen molar-refractivity contribution in [3.05, 3.63) is 77.4 Å². The Balaban J connectivity index is 1.81. The molecule has 0 saturated carbocycles. The van der Waals surface area contributed by atoms with Crippen LogP contribution in [0, 0.1) is 0 Å². The summed E-state index contributed by atoms with van der Waals surface area (Å²) in [6, 6.07) is 22.2. The van der Waals surface area contributed by atoms with Crippen LogP contribution < -0.4 is 9.64 Å². The number of methoxy groups -OCH3 is 1. The summed E-state index contributed by atoms with van der Waals surface area (Å²) >= 11 is 3.52. The van der Waals surface area contributed by atoms with Crippen molar-refractivity contribution in [3.8, 4) is 16.9 Å². The van der Waals surface area contributed by atoms with E-state index in [9.17, 15) is 0 Å². The highest BCUT2D eigenvalue weighted by atomic mass is 79.9. The van der Waals surface area contributed by atoms with E-state index in [0.717, 1.165) is 37.9 Å². The van der Waals surface area contributed by atoms with Gasteiger partial charge >= 0.3 is 0 Å². The second-order valence-corrected chi connectivity index (χ2v) is 7.10. The summed E-state index contributed by atoms with van der Waals surface area (Å²) in [5.74, 6) is 1.49. The van der Waals surface area contributed by atoms with Crippen LogP contribution in [-0.4, -0.2) is 24.1 Å². The van der Waals surface area contributed by atoms with Crippen molar-refractivity contribution in [2.24, 2.45) is 0 Å². The number of nitrogens with zero attached hydrogens (tertiary/aromatic N) is 3. The first-order valence-corrected chi connectivity index (χ1v) is 9.34. The van der Waals surface area contributed by atoms with Crippen LogP contribution in [0.25, 0.3) is 22.0 Å². The quantitative estimate of drug-likeness (QED) is 0.416. The third-order valence-electron chi connectivity index (χ3n) is 4.49. The number of benzene rings is 3. The number of para-hydroxylation sites is 1. The fraction of sp³-hybridized carbons (Fsp3) is 0.0909. The molecule has 0 fully saturated rings. The SMILES string of the molecule is COc1ccc(-c2cccc3cnc(N(C)c4cccc(Br)c4)nc23)cc1. The molecule has 134 valence electrons. The molecule has 4 aromatic rings. The van der Waals surface area contributed by atoms with Crippen molar-refractivity contribution in [2.45, 2.75) is 0 Å². The van der Waals surface area contributed by atoms with Gasteiger partial charge in [0.25, 0.3) is 0 Å². The minimum Gasteiger partial charge on any atom is -0.497 e. The third kappa shape index (κ3) is 3.51. The van der Waals surface area contributed by atoms with Gasteiger partial charge in [-0.15, -0.1) is 0 Å². The number of hydrogen-bond acceptors (Lipinski definition) is 4. The van der Waals surface area contributed by atoms with Gasteiger partial charge in [0.15, 0.2) is 0 Å². The minimum absolute atomic E-state index is 0.654.